The summed E-state index contributed by atoms with van der Waals surface area (Å²) in [5.41, 5.74) is 7.64. The first-order valence-corrected chi connectivity index (χ1v) is 6.09. The number of nitrogen functional groups attached to an aromatic ring is 1. The van der Waals surface area contributed by atoms with E-state index >= 15 is 0 Å². The number of nitrogens with zero attached hydrogens (tertiary/aromatic N) is 3. The van der Waals surface area contributed by atoms with Crippen molar-refractivity contribution in [1.82, 2.24) is 14.5 Å². The zero-order chi connectivity index (χ0) is 13.2. The standard InChI is InChI=1S/C14H14N4O/c1-2-19-10-3-4-12-11(7-10)13(8-14(15)17-12)18-6-5-16-9-18/h3-9H,2H2,1H3,(H2,15,17). The maximum absolute atomic E-state index is 5.85. The van der Waals surface area contributed by atoms with Crippen LogP contribution in [0.5, 0.6) is 5.75 Å². The Morgan fingerprint density at radius 3 is 2.95 bits per heavy atom. The minimum atomic E-state index is 0.486. The largest absolute Gasteiger partial charge is 0.494 e. The molecule has 0 fully saturated rings. The molecule has 0 atom stereocenters. The van der Waals surface area contributed by atoms with Gasteiger partial charge in [-0.25, -0.2) is 9.97 Å². The lowest BCUT2D eigenvalue weighted by Crippen LogP contribution is -1.99. The van der Waals surface area contributed by atoms with Gasteiger partial charge < -0.3 is 15.0 Å². The van der Waals surface area contributed by atoms with E-state index in [1.165, 1.54) is 0 Å². The van der Waals surface area contributed by atoms with Crippen LogP contribution >= 0.6 is 0 Å². The number of ether oxygens (including phenoxy) is 1. The number of benzene rings is 1. The lowest BCUT2D eigenvalue weighted by atomic mass is 10.1. The van der Waals surface area contributed by atoms with Gasteiger partial charge in [-0.05, 0) is 25.1 Å². The van der Waals surface area contributed by atoms with E-state index in [2.05, 4.69) is 9.97 Å². The van der Waals surface area contributed by atoms with Crippen molar-refractivity contribution < 1.29 is 4.74 Å². The van der Waals surface area contributed by atoms with Gasteiger partial charge in [0.25, 0.3) is 0 Å². The summed E-state index contributed by atoms with van der Waals surface area (Å²) in [7, 11) is 0. The molecule has 0 unspecified atom stereocenters. The molecular formula is C14H14N4O. The smallest absolute Gasteiger partial charge is 0.126 e. The maximum Gasteiger partial charge on any atom is 0.126 e. The SMILES string of the molecule is CCOc1ccc2nc(N)cc(-n3ccnc3)c2c1. The molecule has 2 aromatic heterocycles. The van der Waals surface area contributed by atoms with Crippen LogP contribution in [0, 0.1) is 0 Å². The van der Waals surface area contributed by atoms with Crippen LogP contribution in [0.4, 0.5) is 5.82 Å². The van der Waals surface area contributed by atoms with Crippen LogP contribution < -0.4 is 10.5 Å². The molecule has 3 rings (SSSR count). The Morgan fingerprint density at radius 1 is 1.32 bits per heavy atom. The van der Waals surface area contributed by atoms with Crippen molar-refractivity contribution in [3.63, 3.8) is 0 Å². The molecular weight excluding hydrogens is 240 g/mol. The molecule has 96 valence electrons. The van der Waals surface area contributed by atoms with Crippen LogP contribution in [0.1, 0.15) is 6.92 Å². The maximum atomic E-state index is 5.85. The van der Waals surface area contributed by atoms with E-state index in [0.29, 0.717) is 12.4 Å². The Hall–Kier alpha value is -2.56. The zero-order valence-corrected chi connectivity index (χ0v) is 10.6. The average Bonchev–Trinajstić information content (AvgIpc) is 2.92. The molecule has 5 nitrogen and oxygen atoms in total. The first-order valence-electron chi connectivity index (χ1n) is 6.09. The van der Waals surface area contributed by atoms with E-state index in [1.807, 2.05) is 42.0 Å². The molecule has 2 N–H and O–H groups in total. The second-order valence-corrected chi connectivity index (χ2v) is 4.15. The molecule has 3 aromatic rings. The predicted octanol–water partition coefficient (Wildman–Crippen LogP) is 2.40. The normalized spacial score (nSPS) is 10.8. The highest BCUT2D eigenvalue weighted by Gasteiger charge is 2.07. The van der Waals surface area contributed by atoms with Gasteiger partial charge in [0.1, 0.15) is 11.6 Å². The minimum absolute atomic E-state index is 0.486. The minimum Gasteiger partial charge on any atom is -0.494 e. The topological polar surface area (TPSA) is 66.0 Å². The molecule has 0 aliphatic carbocycles. The number of imidazole rings is 1. The van der Waals surface area contributed by atoms with Crippen LogP contribution in [0.2, 0.25) is 0 Å². The van der Waals surface area contributed by atoms with Crippen molar-refractivity contribution in [1.29, 1.82) is 0 Å². The van der Waals surface area contributed by atoms with Crippen LogP contribution in [-0.2, 0) is 0 Å². The Morgan fingerprint density at radius 2 is 2.21 bits per heavy atom. The van der Waals surface area contributed by atoms with Gasteiger partial charge in [-0.15, -0.1) is 0 Å². The number of hydrogen-bond acceptors (Lipinski definition) is 4. The zero-order valence-electron chi connectivity index (χ0n) is 10.6. The van der Waals surface area contributed by atoms with Crippen molar-refractivity contribution >= 4 is 16.7 Å². The number of nitrogens with two attached hydrogens (primary N) is 1. The summed E-state index contributed by atoms with van der Waals surface area (Å²) in [6, 6.07) is 7.62. The number of aromatic nitrogens is 3. The second kappa shape index (κ2) is 4.61. The molecule has 0 saturated heterocycles. The number of anilines is 1. The highest BCUT2D eigenvalue weighted by Crippen LogP contribution is 2.27. The fraction of sp³-hybridized carbons (Fsp3) is 0.143. The summed E-state index contributed by atoms with van der Waals surface area (Å²) in [6.45, 7) is 2.59. The molecule has 0 saturated carbocycles. The molecule has 1 aromatic carbocycles. The third-order valence-electron chi connectivity index (χ3n) is 2.87. The summed E-state index contributed by atoms with van der Waals surface area (Å²) in [5, 5.41) is 0.984. The molecule has 0 amide bonds. The van der Waals surface area contributed by atoms with Crippen molar-refractivity contribution in [2.75, 3.05) is 12.3 Å². The fourth-order valence-electron chi connectivity index (χ4n) is 2.08. The van der Waals surface area contributed by atoms with Gasteiger partial charge in [-0.1, -0.05) is 0 Å². The number of pyridine rings is 1. The average molecular weight is 254 g/mol. The van der Waals surface area contributed by atoms with Crippen LogP contribution in [0.15, 0.2) is 43.0 Å². The van der Waals surface area contributed by atoms with Crippen molar-refractivity contribution in [3.05, 3.63) is 43.0 Å². The summed E-state index contributed by atoms with van der Waals surface area (Å²) >= 11 is 0. The van der Waals surface area contributed by atoms with E-state index in [1.54, 1.807) is 12.5 Å². The van der Waals surface area contributed by atoms with Crippen molar-refractivity contribution in [2.45, 2.75) is 6.92 Å². The summed E-state index contributed by atoms with van der Waals surface area (Å²) in [6.07, 6.45) is 5.35. The molecule has 19 heavy (non-hydrogen) atoms. The summed E-state index contributed by atoms with van der Waals surface area (Å²) < 4.78 is 7.45. The summed E-state index contributed by atoms with van der Waals surface area (Å²) in [5.74, 6) is 1.31. The Kier molecular flexibility index (Phi) is 2.79. The monoisotopic (exact) mass is 254 g/mol. The number of hydrogen-bond donors (Lipinski definition) is 1. The Balaban J connectivity index is 2.26. The second-order valence-electron chi connectivity index (χ2n) is 4.15. The van der Waals surface area contributed by atoms with Crippen LogP contribution in [0.25, 0.3) is 16.6 Å². The first-order chi connectivity index (χ1) is 9.28. The van der Waals surface area contributed by atoms with Gasteiger partial charge >= 0.3 is 0 Å². The quantitative estimate of drug-likeness (QED) is 0.779. The molecule has 2 heterocycles. The van der Waals surface area contributed by atoms with Crippen molar-refractivity contribution in [2.24, 2.45) is 0 Å². The van der Waals surface area contributed by atoms with E-state index in [0.717, 1.165) is 22.3 Å². The molecule has 0 aliphatic heterocycles. The van der Waals surface area contributed by atoms with E-state index < -0.39 is 0 Å². The highest BCUT2D eigenvalue weighted by atomic mass is 16.5. The lowest BCUT2D eigenvalue weighted by Gasteiger charge is -2.10. The van der Waals surface area contributed by atoms with Gasteiger partial charge in [0.05, 0.1) is 24.1 Å². The fourth-order valence-corrected chi connectivity index (χ4v) is 2.08. The molecule has 5 heteroatoms. The van der Waals surface area contributed by atoms with E-state index in [-0.39, 0.29) is 0 Å². The van der Waals surface area contributed by atoms with Crippen molar-refractivity contribution in [3.8, 4) is 11.4 Å². The molecule has 0 bridgehead atoms. The van der Waals surface area contributed by atoms with Gasteiger partial charge in [-0.2, -0.15) is 0 Å². The first kappa shape index (κ1) is 11.5. The highest BCUT2D eigenvalue weighted by molar-refractivity contribution is 5.90. The predicted molar refractivity (Wildman–Crippen MR) is 74.4 cm³/mol. The Bertz CT molecular complexity index is 707. The Labute approximate surface area is 110 Å². The third kappa shape index (κ3) is 2.10. The third-order valence-corrected chi connectivity index (χ3v) is 2.87. The van der Waals surface area contributed by atoms with Crippen LogP contribution in [-0.4, -0.2) is 21.1 Å². The lowest BCUT2D eigenvalue weighted by molar-refractivity contribution is 0.340. The molecule has 0 radical (unpaired) electrons. The van der Waals surface area contributed by atoms with E-state index in [9.17, 15) is 0 Å². The van der Waals surface area contributed by atoms with E-state index in [4.69, 9.17) is 10.5 Å². The number of fused-ring (bicyclic) bond motifs is 1. The van der Waals surface area contributed by atoms with Gasteiger partial charge in [0, 0.05) is 23.8 Å². The van der Waals surface area contributed by atoms with Gasteiger partial charge in [0.2, 0.25) is 0 Å². The summed E-state index contributed by atoms with van der Waals surface area (Å²) in [4.78, 5) is 8.40. The molecule has 0 aliphatic rings. The van der Waals surface area contributed by atoms with Gasteiger partial charge in [0.15, 0.2) is 0 Å². The molecule has 0 spiro atoms. The van der Waals surface area contributed by atoms with Gasteiger partial charge in [-0.3, -0.25) is 0 Å². The van der Waals surface area contributed by atoms with Crippen LogP contribution in [0.3, 0.4) is 0 Å². The number of rotatable bonds is 3.